The molecule has 1 aliphatic carbocycles. The van der Waals surface area contributed by atoms with Gasteiger partial charge in [0.05, 0.1) is 4.88 Å². The molecule has 3 rings (SSSR count). The Balaban J connectivity index is 2.21. The Hall–Kier alpha value is -1.68. The van der Waals surface area contributed by atoms with E-state index >= 15 is 0 Å². The molecule has 4 heteroatoms. The van der Waals surface area contributed by atoms with Crippen LogP contribution in [0.25, 0.3) is 5.69 Å². The summed E-state index contributed by atoms with van der Waals surface area (Å²) in [4.78, 5) is 13.7. The third-order valence-corrected chi connectivity index (χ3v) is 5.00. The normalized spacial score (nSPS) is 17.1. The van der Waals surface area contributed by atoms with E-state index in [2.05, 4.69) is 6.07 Å². The van der Waals surface area contributed by atoms with Gasteiger partial charge in [-0.1, -0.05) is 37.3 Å². The van der Waals surface area contributed by atoms with Crippen LogP contribution in [0.5, 0.6) is 0 Å². The minimum Gasteiger partial charge on any atom is -0.293 e. The van der Waals surface area contributed by atoms with Crippen molar-refractivity contribution in [3.63, 3.8) is 0 Å². The fraction of sp³-hybridized carbons (Fsp3) is 0.375. The number of fused-ring (bicyclic) bond motifs is 1. The maximum Gasteiger partial charge on any atom is 0.187 e. The number of carbonyl (C=O) groups is 1. The minimum atomic E-state index is -0.297. The van der Waals surface area contributed by atoms with Crippen LogP contribution in [0.4, 0.5) is 0 Å². The number of hydrogen-bond donors (Lipinski definition) is 1. The molecule has 0 bridgehead atoms. The molecular formula is C16H18N2OS. The molecule has 1 aliphatic rings. The van der Waals surface area contributed by atoms with Crippen molar-refractivity contribution in [2.45, 2.75) is 33.6 Å². The summed E-state index contributed by atoms with van der Waals surface area (Å²) in [5.41, 5.74) is 2.86. The third-order valence-electron chi connectivity index (χ3n) is 4.00. The van der Waals surface area contributed by atoms with E-state index in [0.29, 0.717) is 4.80 Å². The molecule has 0 saturated heterocycles. The highest BCUT2D eigenvalue weighted by Gasteiger charge is 2.37. The molecule has 0 aliphatic heterocycles. The Morgan fingerprint density at radius 3 is 2.80 bits per heavy atom. The van der Waals surface area contributed by atoms with Crippen molar-refractivity contribution in [3.8, 4) is 5.69 Å². The standard InChI is InChI=1S/C16H18N2OS/c1-10-5-4-6-11(9-10)18-12-7-8-16(2,3)14(19)13(12)20-15(18)17/h4-6,9,17H,7-8H2,1-3H3. The average Bonchev–Trinajstić information content (AvgIpc) is 2.71. The molecule has 0 fully saturated rings. The highest BCUT2D eigenvalue weighted by molar-refractivity contribution is 7.11. The summed E-state index contributed by atoms with van der Waals surface area (Å²) in [6, 6.07) is 8.11. The SMILES string of the molecule is Cc1cccc(-n2c3c(sc2=N)C(=O)C(C)(C)CC3)c1. The van der Waals surface area contributed by atoms with Gasteiger partial charge >= 0.3 is 0 Å². The molecule has 0 radical (unpaired) electrons. The van der Waals surface area contributed by atoms with Gasteiger partial charge in [0, 0.05) is 16.8 Å². The third kappa shape index (κ3) is 1.95. The van der Waals surface area contributed by atoms with Gasteiger partial charge in [-0.25, -0.2) is 0 Å². The van der Waals surface area contributed by atoms with E-state index in [1.54, 1.807) is 0 Å². The highest BCUT2D eigenvalue weighted by atomic mass is 32.1. The van der Waals surface area contributed by atoms with E-state index in [1.807, 2.05) is 43.5 Å². The Morgan fingerprint density at radius 2 is 2.10 bits per heavy atom. The van der Waals surface area contributed by atoms with Crippen molar-refractivity contribution >= 4 is 17.1 Å². The Bertz CT molecular complexity index is 752. The summed E-state index contributed by atoms with van der Waals surface area (Å²) in [6.45, 7) is 6.04. The molecule has 3 nitrogen and oxygen atoms in total. The van der Waals surface area contributed by atoms with Gasteiger partial charge in [-0.05, 0) is 37.5 Å². The number of thiazole rings is 1. The zero-order valence-electron chi connectivity index (χ0n) is 12.0. The van der Waals surface area contributed by atoms with Gasteiger partial charge in [0.1, 0.15) is 0 Å². The summed E-state index contributed by atoms with van der Waals surface area (Å²) >= 11 is 1.31. The smallest absolute Gasteiger partial charge is 0.187 e. The van der Waals surface area contributed by atoms with Crippen LogP contribution >= 0.6 is 11.3 Å². The summed E-state index contributed by atoms with van der Waals surface area (Å²) < 4.78 is 1.93. The predicted octanol–water partition coefficient (Wildman–Crippen LogP) is 3.48. The minimum absolute atomic E-state index is 0.184. The maximum absolute atomic E-state index is 12.5. The zero-order valence-corrected chi connectivity index (χ0v) is 12.8. The number of carbonyl (C=O) groups excluding carboxylic acids is 1. The molecule has 0 unspecified atom stereocenters. The van der Waals surface area contributed by atoms with Gasteiger partial charge in [-0.2, -0.15) is 0 Å². The molecule has 0 amide bonds. The number of rotatable bonds is 1. The number of aromatic nitrogens is 1. The zero-order chi connectivity index (χ0) is 14.5. The molecule has 1 heterocycles. The molecule has 0 saturated carbocycles. The first-order valence-electron chi connectivity index (χ1n) is 6.81. The van der Waals surface area contributed by atoms with E-state index in [-0.39, 0.29) is 11.2 Å². The van der Waals surface area contributed by atoms with Crippen LogP contribution in [0.1, 0.15) is 41.2 Å². The number of nitrogens with zero attached hydrogens (tertiary/aromatic N) is 1. The first-order chi connectivity index (χ1) is 9.40. The van der Waals surface area contributed by atoms with E-state index in [0.717, 1.165) is 34.7 Å². The first-order valence-corrected chi connectivity index (χ1v) is 7.63. The Kier molecular flexibility index (Phi) is 2.94. The van der Waals surface area contributed by atoms with Crippen LogP contribution in [-0.4, -0.2) is 10.4 Å². The molecule has 20 heavy (non-hydrogen) atoms. The van der Waals surface area contributed by atoms with Crippen LogP contribution in [0, 0.1) is 17.7 Å². The number of aryl methyl sites for hydroxylation is 1. The van der Waals surface area contributed by atoms with Gasteiger partial charge in [0.2, 0.25) is 0 Å². The molecule has 1 aromatic carbocycles. The Morgan fingerprint density at radius 1 is 1.35 bits per heavy atom. The summed E-state index contributed by atoms with van der Waals surface area (Å²) in [6.07, 6.45) is 1.71. The number of nitrogens with one attached hydrogen (secondary N) is 1. The van der Waals surface area contributed by atoms with Crippen molar-refractivity contribution in [3.05, 3.63) is 45.2 Å². The lowest BCUT2D eigenvalue weighted by Crippen LogP contribution is -2.30. The first kappa shape index (κ1) is 13.3. The van der Waals surface area contributed by atoms with Crippen LogP contribution in [0.3, 0.4) is 0 Å². The van der Waals surface area contributed by atoms with E-state index in [9.17, 15) is 4.79 Å². The second kappa shape index (κ2) is 4.42. The second-order valence-corrected chi connectivity index (χ2v) is 7.07. The summed E-state index contributed by atoms with van der Waals surface area (Å²) in [5, 5.41) is 8.22. The topological polar surface area (TPSA) is 45.9 Å². The molecule has 2 aromatic rings. The molecule has 104 valence electrons. The maximum atomic E-state index is 12.5. The fourth-order valence-electron chi connectivity index (χ4n) is 2.72. The fourth-order valence-corrected chi connectivity index (χ4v) is 3.90. The lowest BCUT2D eigenvalue weighted by atomic mass is 9.77. The molecule has 0 spiro atoms. The van der Waals surface area contributed by atoms with E-state index in [1.165, 1.54) is 11.3 Å². The van der Waals surface area contributed by atoms with Crippen molar-refractivity contribution in [2.24, 2.45) is 5.41 Å². The lowest BCUT2D eigenvalue weighted by molar-refractivity contribution is 0.0814. The van der Waals surface area contributed by atoms with Crippen LogP contribution in [0.2, 0.25) is 0 Å². The molecule has 0 atom stereocenters. The number of hydrogen-bond acceptors (Lipinski definition) is 3. The summed E-state index contributed by atoms with van der Waals surface area (Å²) in [5.74, 6) is 0.184. The molecular weight excluding hydrogens is 268 g/mol. The van der Waals surface area contributed by atoms with Gasteiger partial charge in [-0.3, -0.25) is 14.8 Å². The monoisotopic (exact) mass is 286 g/mol. The molecule has 1 aromatic heterocycles. The van der Waals surface area contributed by atoms with Gasteiger partial charge < -0.3 is 0 Å². The predicted molar refractivity (Wildman–Crippen MR) is 80.7 cm³/mol. The largest absolute Gasteiger partial charge is 0.293 e. The lowest BCUT2D eigenvalue weighted by Gasteiger charge is -2.27. The average molecular weight is 286 g/mol. The van der Waals surface area contributed by atoms with Crippen molar-refractivity contribution in [1.82, 2.24) is 4.57 Å². The Labute approximate surface area is 122 Å². The van der Waals surface area contributed by atoms with Crippen molar-refractivity contribution in [1.29, 1.82) is 5.41 Å². The van der Waals surface area contributed by atoms with E-state index < -0.39 is 0 Å². The van der Waals surface area contributed by atoms with Gasteiger partial charge in [0.25, 0.3) is 0 Å². The molecule has 1 N–H and O–H groups in total. The van der Waals surface area contributed by atoms with E-state index in [4.69, 9.17) is 5.41 Å². The van der Waals surface area contributed by atoms with Gasteiger partial charge in [0.15, 0.2) is 10.6 Å². The van der Waals surface area contributed by atoms with Crippen molar-refractivity contribution < 1.29 is 4.79 Å². The summed E-state index contributed by atoms with van der Waals surface area (Å²) in [7, 11) is 0. The number of ketones is 1. The second-order valence-electron chi connectivity index (χ2n) is 6.07. The number of Topliss-reactive ketones (excluding diaryl/α,β-unsaturated/α-hetero) is 1. The van der Waals surface area contributed by atoms with Crippen LogP contribution < -0.4 is 4.80 Å². The van der Waals surface area contributed by atoms with Crippen molar-refractivity contribution in [2.75, 3.05) is 0 Å². The van der Waals surface area contributed by atoms with Crippen LogP contribution in [0.15, 0.2) is 24.3 Å². The van der Waals surface area contributed by atoms with Gasteiger partial charge in [-0.15, -0.1) is 0 Å². The quantitative estimate of drug-likeness (QED) is 0.857. The van der Waals surface area contributed by atoms with Crippen LogP contribution in [-0.2, 0) is 6.42 Å². The highest BCUT2D eigenvalue weighted by Crippen LogP contribution is 2.36. The number of benzene rings is 1.